The van der Waals surface area contributed by atoms with Gasteiger partial charge < -0.3 is 4.90 Å². The fraction of sp³-hybridized carbons (Fsp3) is 0.667. The van der Waals surface area contributed by atoms with Gasteiger partial charge in [-0.1, -0.05) is 0 Å². The van der Waals surface area contributed by atoms with E-state index in [-0.39, 0.29) is 0 Å². The second-order valence-corrected chi connectivity index (χ2v) is 2.04. The molecule has 0 fully saturated rings. The van der Waals surface area contributed by atoms with Crippen molar-refractivity contribution in [3.8, 4) is 0 Å². The summed E-state index contributed by atoms with van der Waals surface area (Å²) in [6, 6.07) is 0. The zero-order chi connectivity index (χ0) is 5.28. The van der Waals surface area contributed by atoms with Crippen LogP contribution in [0.1, 0.15) is 13.8 Å². The summed E-state index contributed by atoms with van der Waals surface area (Å²) in [6.07, 6.45) is 2.19. The van der Waals surface area contributed by atoms with E-state index in [1.807, 2.05) is 0 Å². The molecule has 1 aliphatic heterocycles. The average molecular weight is 97.2 g/mol. The van der Waals surface area contributed by atoms with E-state index in [9.17, 15) is 0 Å². The monoisotopic (exact) mass is 97.1 g/mol. The lowest BCUT2D eigenvalue weighted by Gasteiger charge is -2.27. The molecule has 0 saturated carbocycles. The van der Waals surface area contributed by atoms with Crippen LogP contribution in [0.3, 0.4) is 0 Å². The van der Waals surface area contributed by atoms with E-state index >= 15 is 0 Å². The van der Waals surface area contributed by atoms with Crippen molar-refractivity contribution < 1.29 is 0 Å². The molecule has 0 bridgehead atoms. The molecule has 0 saturated heterocycles. The maximum absolute atomic E-state index is 2.29. The second-order valence-electron chi connectivity index (χ2n) is 2.04. The molecule has 0 radical (unpaired) electrons. The van der Waals surface area contributed by atoms with Gasteiger partial charge in [0.1, 0.15) is 0 Å². The lowest BCUT2D eigenvalue weighted by Crippen LogP contribution is -2.27. The maximum Gasteiger partial charge on any atom is 0.0397 e. The molecule has 40 valence electrons. The van der Waals surface area contributed by atoms with E-state index in [2.05, 4.69) is 24.9 Å². The Labute approximate surface area is 44.6 Å². The second kappa shape index (κ2) is 1.57. The van der Waals surface area contributed by atoms with Gasteiger partial charge in [0.2, 0.25) is 0 Å². The topological polar surface area (TPSA) is 3.24 Å². The SMILES string of the molecule is CCN1C=C(C)C1. The van der Waals surface area contributed by atoms with Gasteiger partial charge in [-0.05, 0) is 19.4 Å². The van der Waals surface area contributed by atoms with E-state index in [1.165, 1.54) is 12.1 Å². The van der Waals surface area contributed by atoms with Crippen LogP contribution in [0.15, 0.2) is 11.8 Å². The van der Waals surface area contributed by atoms with Gasteiger partial charge in [0.25, 0.3) is 0 Å². The number of nitrogens with zero attached hydrogens (tertiary/aromatic N) is 1. The Morgan fingerprint density at radius 2 is 2.43 bits per heavy atom. The molecular formula is C6H11N. The normalized spacial score (nSPS) is 18.6. The molecule has 0 aromatic heterocycles. The van der Waals surface area contributed by atoms with Crippen molar-refractivity contribution in [3.05, 3.63) is 11.8 Å². The zero-order valence-corrected chi connectivity index (χ0v) is 4.94. The fourth-order valence-electron chi connectivity index (χ4n) is 0.809. The number of rotatable bonds is 1. The van der Waals surface area contributed by atoms with Crippen molar-refractivity contribution in [1.82, 2.24) is 4.90 Å². The van der Waals surface area contributed by atoms with Crippen LogP contribution >= 0.6 is 0 Å². The Morgan fingerprint density at radius 1 is 1.86 bits per heavy atom. The Hall–Kier alpha value is -0.460. The smallest absolute Gasteiger partial charge is 0.0397 e. The Morgan fingerprint density at radius 3 is 2.57 bits per heavy atom. The number of hydrogen-bond donors (Lipinski definition) is 0. The number of hydrogen-bond acceptors (Lipinski definition) is 1. The van der Waals surface area contributed by atoms with E-state index in [0.29, 0.717) is 0 Å². The van der Waals surface area contributed by atoms with Crippen LogP contribution in [0.5, 0.6) is 0 Å². The summed E-state index contributed by atoms with van der Waals surface area (Å²) in [7, 11) is 0. The molecule has 0 aliphatic carbocycles. The van der Waals surface area contributed by atoms with Crippen LogP contribution in [0.2, 0.25) is 0 Å². The highest BCUT2D eigenvalue weighted by atomic mass is 15.1. The molecule has 1 rings (SSSR count). The zero-order valence-electron chi connectivity index (χ0n) is 4.94. The van der Waals surface area contributed by atoms with Gasteiger partial charge in [-0.25, -0.2) is 0 Å². The first-order chi connectivity index (χ1) is 3.33. The summed E-state index contributed by atoms with van der Waals surface area (Å²) in [5.74, 6) is 0. The first kappa shape index (κ1) is 4.69. The van der Waals surface area contributed by atoms with Crippen molar-refractivity contribution in [2.75, 3.05) is 13.1 Å². The maximum atomic E-state index is 2.29. The Bertz CT molecular complexity index is 94.4. The minimum Gasteiger partial charge on any atom is -0.374 e. The quantitative estimate of drug-likeness (QED) is 0.475. The fourth-order valence-corrected chi connectivity index (χ4v) is 0.809. The van der Waals surface area contributed by atoms with Crippen molar-refractivity contribution in [3.63, 3.8) is 0 Å². The van der Waals surface area contributed by atoms with Gasteiger partial charge in [0.05, 0.1) is 0 Å². The molecule has 1 heteroatoms. The van der Waals surface area contributed by atoms with Crippen LogP contribution < -0.4 is 0 Å². The molecule has 1 aliphatic rings. The third-order valence-corrected chi connectivity index (χ3v) is 1.26. The highest BCUT2D eigenvalue weighted by Gasteiger charge is 2.06. The molecule has 0 aromatic rings. The summed E-state index contributed by atoms with van der Waals surface area (Å²) >= 11 is 0. The van der Waals surface area contributed by atoms with Gasteiger partial charge in [-0.3, -0.25) is 0 Å². The van der Waals surface area contributed by atoms with Gasteiger partial charge >= 0.3 is 0 Å². The standard InChI is InChI=1S/C6H11N/c1-3-7-4-6(2)5-7/h4H,3,5H2,1-2H3. The van der Waals surface area contributed by atoms with Crippen LogP contribution in [-0.2, 0) is 0 Å². The van der Waals surface area contributed by atoms with Crippen LogP contribution in [0.4, 0.5) is 0 Å². The Kier molecular flexibility index (Phi) is 1.05. The molecule has 0 unspecified atom stereocenters. The van der Waals surface area contributed by atoms with Gasteiger partial charge in [0.15, 0.2) is 0 Å². The molecule has 0 spiro atoms. The molecule has 0 aromatic carbocycles. The first-order valence-corrected chi connectivity index (χ1v) is 2.74. The van der Waals surface area contributed by atoms with E-state index in [1.54, 1.807) is 0 Å². The molecular weight excluding hydrogens is 86.1 g/mol. The molecule has 0 N–H and O–H groups in total. The molecule has 7 heavy (non-hydrogen) atoms. The van der Waals surface area contributed by atoms with Crippen molar-refractivity contribution in [2.24, 2.45) is 0 Å². The van der Waals surface area contributed by atoms with Crippen LogP contribution in [-0.4, -0.2) is 18.0 Å². The highest BCUT2D eigenvalue weighted by molar-refractivity contribution is 5.10. The minimum absolute atomic E-state index is 1.16. The van der Waals surface area contributed by atoms with Gasteiger partial charge in [0, 0.05) is 19.3 Å². The predicted molar refractivity (Wildman–Crippen MR) is 31.0 cm³/mol. The lowest BCUT2D eigenvalue weighted by molar-refractivity contribution is 0.377. The van der Waals surface area contributed by atoms with E-state index in [0.717, 1.165) is 6.54 Å². The Balaban J connectivity index is 2.31. The first-order valence-electron chi connectivity index (χ1n) is 2.74. The van der Waals surface area contributed by atoms with Crippen molar-refractivity contribution in [2.45, 2.75) is 13.8 Å². The average Bonchev–Trinajstić information content (AvgIpc) is 1.58. The van der Waals surface area contributed by atoms with Crippen LogP contribution in [0.25, 0.3) is 0 Å². The summed E-state index contributed by atoms with van der Waals surface area (Å²) in [5.41, 5.74) is 1.50. The number of likely N-dealkylation sites (N-methyl/N-ethyl adjacent to an activating group) is 1. The highest BCUT2D eigenvalue weighted by Crippen LogP contribution is 2.09. The minimum atomic E-state index is 1.16. The van der Waals surface area contributed by atoms with E-state index < -0.39 is 0 Å². The van der Waals surface area contributed by atoms with Crippen molar-refractivity contribution >= 4 is 0 Å². The summed E-state index contributed by atoms with van der Waals surface area (Å²) in [6.45, 7) is 6.68. The third kappa shape index (κ3) is 0.763. The summed E-state index contributed by atoms with van der Waals surface area (Å²) in [5, 5.41) is 0. The van der Waals surface area contributed by atoms with Crippen LogP contribution in [0, 0.1) is 0 Å². The third-order valence-electron chi connectivity index (χ3n) is 1.26. The molecule has 0 atom stereocenters. The molecule has 0 amide bonds. The molecule has 1 heterocycles. The summed E-state index contributed by atoms with van der Waals surface area (Å²) < 4.78 is 0. The molecule has 1 nitrogen and oxygen atoms in total. The van der Waals surface area contributed by atoms with Gasteiger partial charge in [-0.2, -0.15) is 0 Å². The lowest BCUT2D eigenvalue weighted by atomic mass is 10.2. The van der Waals surface area contributed by atoms with E-state index in [4.69, 9.17) is 0 Å². The van der Waals surface area contributed by atoms with Gasteiger partial charge in [-0.15, -0.1) is 0 Å². The predicted octanol–water partition coefficient (Wildman–Crippen LogP) is 1.23. The van der Waals surface area contributed by atoms with Crippen molar-refractivity contribution in [1.29, 1.82) is 0 Å². The largest absolute Gasteiger partial charge is 0.374 e. The summed E-state index contributed by atoms with van der Waals surface area (Å²) in [4.78, 5) is 2.29.